The van der Waals surface area contributed by atoms with E-state index in [-0.39, 0.29) is 11.4 Å². The van der Waals surface area contributed by atoms with Crippen molar-refractivity contribution in [1.82, 2.24) is 10.2 Å². The van der Waals surface area contributed by atoms with Gasteiger partial charge in [0.2, 0.25) is 5.88 Å². The largest absolute Gasteiger partial charge is 0.479 e. The van der Waals surface area contributed by atoms with E-state index in [1.54, 1.807) is 0 Å². The Labute approximate surface area is 76.5 Å². The summed E-state index contributed by atoms with van der Waals surface area (Å²) < 4.78 is 5.05. The van der Waals surface area contributed by atoms with Gasteiger partial charge in [0, 0.05) is 0 Å². The van der Waals surface area contributed by atoms with Crippen LogP contribution in [0.1, 0.15) is 10.4 Å². The maximum atomic E-state index is 10.6. The van der Waals surface area contributed by atoms with Gasteiger partial charge >= 0.3 is 5.97 Å². The third-order valence-electron chi connectivity index (χ3n) is 1.18. The lowest BCUT2D eigenvalue weighted by Crippen LogP contribution is -2.04. The fourth-order valence-electron chi connectivity index (χ4n) is 0.685. The Hall–Kier alpha value is -1.17. The monoisotopic (exact) mass is 232 g/mol. The normalized spacial score (nSPS) is 9.50. The molecule has 12 heavy (non-hydrogen) atoms. The predicted octanol–water partition coefficient (Wildman–Crippen LogP) is 0.946. The van der Waals surface area contributed by atoms with Crippen LogP contribution in [0.2, 0.25) is 0 Å². The number of nitrogens with zero attached hydrogens (tertiary/aromatic N) is 2. The maximum absolute atomic E-state index is 10.6. The van der Waals surface area contributed by atoms with E-state index in [0.717, 1.165) is 0 Å². The molecule has 0 atom stereocenters. The number of ether oxygens (including phenoxy) is 1. The van der Waals surface area contributed by atoms with Crippen LogP contribution in [0.25, 0.3) is 0 Å². The molecule has 1 N–H and O–H groups in total. The van der Waals surface area contributed by atoms with E-state index in [1.165, 1.54) is 13.3 Å². The van der Waals surface area contributed by atoms with Crippen molar-refractivity contribution in [1.29, 1.82) is 0 Å². The highest BCUT2D eigenvalue weighted by Gasteiger charge is 2.16. The standard InChI is InChI=1S/C6H5BrN2O3/c1-12-5-4(6(10)11)3(7)2-8-9-5/h2H,1H3,(H,10,11). The Morgan fingerprint density at radius 1 is 1.75 bits per heavy atom. The van der Waals surface area contributed by atoms with Gasteiger partial charge in [0.1, 0.15) is 5.56 Å². The fraction of sp³-hybridized carbons (Fsp3) is 0.167. The number of hydrogen-bond acceptors (Lipinski definition) is 4. The molecule has 0 aliphatic rings. The van der Waals surface area contributed by atoms with Gasteiger partial charge in [0.15, 0.2) is 0 Å². The van der Waals surface area contributed by atoms with Gasteiger partial charge < -0.3 is 9.84 Å². The van der Waals surface area contributed by atoms with Crippen molar-refractivity contribution < 1.29 is 14.6 Å². The van der Waals surface area contributed by atoms with Gasteiger partial charge in [-0.3, -0.25) is 0 Å². The summed E-state index contributed by atoms with van der Waals surface area (Å²) in [4.78, 5) is 10.6. The van der Waals surface area contributed by atoms with Crippen LogP contribution in [0.3, 0.4) is 0 Å². The maximum Gasteiger partial charge on any atom is 0.342 e. The molecule has 1 aromatic heterocycles. The molecular weight excluding hydrogens is 228 g/mol. The zero-order chi connectivity index (χ0) is 9.14. The molecule has 0 saturated heterocycles. The van der Waals surface area contributed by atoms with Gasteiger partial charge in [-0.25, -0.2) is 4.79 Å². The second kappa shape index (κ2) is 3.48. The van der Waals surface area contributed by atoms with Crippen LogP contribution in [0.4, 0.5) is 0 Å². The van der Waals surface area contributed by atoms with Crippen molar-refractivity contribution >= 4 is 21.9 Å². The molecule has 0 amide bonds. The second-order valence-corrected chi connectivity index (χ2v) is 2.74. The smallest absolute Gasteiger partial charge is 0.342 e. The lowest BCUT2D eigenvalue weighted by molar-refractivity contribution is 0.0691. The number of halogens is 1. The van der Waals surface area contributed by atoms with Crippen LogP contribution in [-0.2, 0) is 0 Å². The minimum atomic E-state index is -1.10. The summed E-state index contributed by atoms with van der Waals surface area (Å²) in [6, 6.07) is 0. The average molecular weight is 233 g/mol. The molecule has 1 aromatic rings. The Morgan fingerprint density at radius 2 is 2.42 bits per heavy atom. The van der Waals surface area contributed by atoms with Crippen molar-refractivity contribution in [3.8, 4) is 5.88 Å². The highest BCUT2D eigenvalue weighted by Crippen LogP contribution is 2.22. The van der Waals surface area contributed by atoms with Crippen molar-refractivity contribution in [3.63, 3.8) is 0 Å². The summed E-state index contributed by atoms with van der Waals surface area (Å²) in [6.07, 6.45) is 1.30. The summed E-state index contributed by atoms with van der Waals surface area (Å²) in [5, 5.41) is 15.7. The summed E-state index contributed by atoms with van der Waals surface area (Å²) >= 11 is 3.03. The van der Waals surface area contributed by atoms with Crippen LogP contribution in [0.5, 0.6) is 5.88 Å². The van der Waals surface area contributed by atoms with Gasteiger partial charge in [-0.2, -0.15) is 5.10 Å². The molecule has 6 heteroatoms. The third-order valence-corrected chi connectivity index (χ3v) is 1.78. The van der Waals surface area contributed by atoms with Gasteiger partial charge in [-0.05, 0) is 15.9 Å². The molecular formula is C6H5BrN2O3. The lowest BCUT2D eigenvalue weighted by atomic mass is 10.3. The van der Waals surface area contributed by atoms with E-state index in [2.05, 4.69) is 26.1 Å². The molecule has 5 nitrogen and oxygen atoms in total. The van der Waals surface area contributed by atoms with Gasteiger partial charge in [-0.15, -0.1) is 5.10 Å². The third kappa shape index (κ3) is 1.53. The van der Waals surface area contributed by atoms with Crippen molar-refractivity contribution in [2.75, 3.05) is 7.11 Å². The molecule has 0 saturated carbocycles. The molecule has 0 radical (unpaired) electrons. The first-order valence-electron chi connectivity index (χ1n) is 2.95. The minimum absolute atomic E-state index is 0.00289. The predicted molar refractivity (Wildman–Crippen MR) is 43.2 cm³/mol. The van der Waals surface area contributed by atoms with E-state index < -0.39 is 5.97 Å². The van der Waals surface area contributed by atoms with Crippen LogP contribution in [-0.4, -0.2) is 28.4 Å². The van der Waals surface area contributed by atoms with Crippen molar-refractivity contribution in [2.24, 2.45) is 0 Å². The Kier molecular flexibility index (Phi) is 2.59. The lowest BCUT2D eigenvalue weighted by Gasteiger charge is -2.02. The highest BCUT2D eigenvalue weighted by atomic mass is 79.9. The SMILES string of the molecule is COc1nncc(Br)c1C(=O)O. The van der Waals surface area contributed by atoms with Gasteiger partial charge in [0.25, 0.3) is 0 Å². The highest BCUT2D eigenvalue weighted by molar-refractivity contribution is 9.10. The number of carboxylic acid groups (broad SMARTS) is 1. The van der Waals surface area contributed by atoms with E-state index >= 15 is 0 Å². The van der Waals surface area contributed by atoms with Crippen LogP contribution < -0.4 is 4.74 Å². The number of aromatic nitrogens is 2. The molecule has 0 unspecified atom stereocenters. The van der Waals surface area contributed by atoms with E-state index in [4.69, 9.17) is 9.84 Å². The zero-order valence-electron chi connectivity index (χ0n) is 6.11. The average Bonchev–Trinajstić information content (AvgIpc) is 2.03. The number of carbonyl (C=O) groups is 1. The van der Waals surface area contributed by atoms with E-state index in [1.807, 2.05) is 0 Å². The first-order chi connectivity index (χ1) is 5.66. The molecule has 0 bridgehead atoms. The van der Waals surface area contributed by atoms with Gasteiger partial charge in [-0.1, -0.05) is 0 Å². The van der Waals surface area contributed by atoms with Crippen LogP contribution in [0.15, 0.2) is 10.7 Å². The topological polar surface area (TPSA) is 72.3 Å². The summed E-state index contributed by atoms with van der Waals surface area (Å²) in [7, 11) is 1.34. The Balaban J connectivity index is 3.29. The van der Waals surface area contributed by atoms with E-state index in [0.29, 0.717) is 4.47 Å². The number of methoxy groups -OCH3 is 1. The second-order valence-electron chi connectivity index (χ2n) is 1.88. The molecule has 64 valence electrons. The number of aromatic carboxylic acids is 1. The molecule has 0 aromatic carbocycles. The summed E-state index contributed by atoms with van der Waals surface area (Å²) in [5.41, 5.74) is -0.0208. The number of hydrogen-bond donors (Lipinski definition) is 1. The molecule has 0 aliphatic carbocycles. The van der Waals surface area contributed by atoms with Crippen LogP contribution >= 0.6 is 15.9 Å². The first-order valence-corrected chi connectivity index (χ1v) is 3.74. The molecule has 0 fully saturated rings. The molecule has 0 aliphatic heterocycles. The summed E-state index contributed by atoms with van der Waals surface area (Å²) in [5.74, 6) is -1.11. The molecule has 1 heterocycles. The summed E-state index contributed by atoms with van der Waals surface area (Å²) in [6.45, 7) is 0. The minimum Gasteiger partial charge on any atom is -0.479 e. The van der Waals surface area contributed by atoms with Crippen molar-refractivity contribution in [3.05, 3.63) is 16.2 Å². The Morgan fingerprint density at radius 3 is 2.83 bits per heavy atom. The quantitative estimate of drug-likeness (QED) is 0.822. The molecule has 1 rings (SSSR count). The molecule has 0 spiro atoms. The zero-order valence-corrected chi connectivity index (χ0v) is 7.70. The fourth-order valence-corrected chi connectivity index (χ4v) is 1.12. The first kappa shape index (κ1) is 8.92. The van der Waals surface area contributed by atoms with E-state index in [9.17, 15) is 4.79 Å². The number of rotatable bonds is 2. The van der Waals surface area contributed by atoms with Crippen LogP contribution in [0, 0.1) is 0 Å². The van der Waals surface area contributed by atoms with Crippen molar-refractivity contribution in [2.45, 2.75) is 0 Å². The van der Waals surface area contributed by atoms with Gasteiger partial charge in [0.05, 0.1) is 17.8 Å². The Bertz CT molecular complexity index is 316. The number of carboxylic acids is 1.